The van der Waals surface area contributed by atoms with Crippen LogP contribution < -0.4 is 0 Å². The van der Waals surface area contributed by atoms with Crippen molar-refractivity contribution in [2.24, 2.45) is 11.8 Å². The molecule has 1 fully saturated rings. The van der Waals surface area contributed by atoms with E-state index in [1.54, 1.807) is 0 Å². The summed E-state index contributed by atoms with van der Waals surface area (Å²) in [6.45, 7) is 6.05. The van der Waals surface area contributed by atoms with E-state index in [1.807, 2.05) is 0 Å². The first-order chi connectivity index (χ1) is 6.38. The fraction of sp³-hybridized carbons (Fsp3) is 0.846. The number of unbranched alkanes of at least 4 members (excludes halogenated alkanes) is 3. The van der Waals surface area contributed by atoms with E-state index in [0.717, 1.165) is 11.8 Å². The number of rotatable bonds is 8. The first-order valence-corrected chi connectivity index (χ1v) is 5.99. The second-order valence-electron chi connectivity index (χ2n) is 4.47. The van der Waals surface area contributed by atoms with Gasteiger partial charge in [0.2, 0.25) is 0 Å². The Hall–Kier alpha value is -0.260. The highest BCUT2D eigenvalue weighted by Crippen LogP contribution is 2.45. The smallest absolute Gasteiger partial charge is 0.0351 e. The van der Waals surface area contributed by atoms with Gasteiger partial charge in [0.15, 0.2) is 0 Å². The number of hydrogen-bond donors (Lipinski definition) is 0. The van der Waals surface area contributed by atoms with E-state index < -0.39 is 0 Å². The summed E-state index contributed by atoms with van der Waals surface area (Å²) in [7, 11) is 0. The molecule has 76 valence electrons. The molecule has 0 heteroatoms. The SMILES string of the molecule is C=CCCC1CC1CCCCCC. The Kier molecular flexibility index (Phi) is 5.19. The second kappa shape index (κ2) is 6.23. The lowest BCUT2D eigenvalue weighted by Crippen LogP contribution is -1.84. The molecule has 13 heavy (non-hydrogen) atoms. The number of allylic oxidation sites excluding steroid dienone is 1. The average Bonchev–Trinajstić information content (AvgIpc) is 2.88. The van der Waals surface area contributed by atoms with Crippen LogP contribution in [0, 0.1) is 11.8 Å². The summed E-state index contributed by atoms with van der Waals surface area (Å²) in [6, 6.07) is 0. The fourth-order valence-corrected chi connectivity index (χ4v) is 2.18. The van der Waals surface area contributed by atoms with E-state index in [9.17, 15) is 0 Å². The average molecular weight is 180 g/mol. The predicted molar refractivity (Wildman–Crippen MR) is 59.8 cm³/mol. The summed E-state index contributed by atoms with van der Waals surface area (Å²) in [6.07, 6.45) is 13.4. The van der Waals surface area contributed by atoms with Crippen molar-refractivity contribution in [3.8, 4) is 0 Å². The molecule has 1 aliphatic carbocycles. The van der Waals surface area contributed by atoms with Gasteiger partial charge < -0.3 is 0 Å². The lowest BCUT2D eigenvalue weighted by atomic mass is 10.1. The fourth-order valence-electron chi connectivity index (χ4n) is 2.18. The molecule has 0 nitrogen and oxygen atoms in total. The quantitative estimate of drug-likeness (QED) is 0.379. The van der Waals surface area contributed by atoms with Crippen LogP contribution in [-0.2, 0) is 0 Å². The highest BCUT2D eigenvalue weighted by atomic mass is 14.4. The van der Waals surface area contributed by atoms with Crippen molar-refractivity contribution in [2.75, 3.05) is 0 Å². The van der Waals surface area contributed by atoms with Gasteiger partial charge in [-0.25, -0.2) is 0 Å². The van der Waals surface area contributed by atoms with E-state index in [4.69, 9.17) is 0 Å². The third kappa shape index (κ3) is 4.50. The predicted octanol–water partition coefficient (Wildman–Crippen LogP) is 4.56. The third-order valence-electron chi connectivity index (χ3n) is 3.24. The molecule has 2 unspecified atom stereocenters. The maximum absolute atomic E-state index is 3.77. The van der Waals surface area contributed by atoms with E-state index in [1.165, 1.54) is 51.4 Å². The van der Waals surface area contributed by atoms with Crippen LogP contribution in [0.5, 0.6) is 0 Å². The van der Waals surface area contributed by atoms with Crippen molar-refractivity contribution < 1.29 is 0 Å². The van der Waals surface area contributed by atoms with Gasteiger partial charge in [0, 0.05) is 0 Å². The van der Waals surface area contributed by atoms with Gasteiger partial charge in [0.05, 0.1) is 0 Å². The van der Waals surface area contributed by atoms with E-state index in [0.29, 0.717) is 0 Å². The maximum atomic E-state index is 3.77. The van der Waals surface area contributed by atoms with E-state index >= 15 is 0 Å². The van der Waals surface area contributed by atoms with Gasteiger partial charge in [-0.1, -0.05) is 45.1 Å². The molecule has 0 aromatic carbocycles. The highest BCUT2D eigenvalue weighted by Gasteiger charge is 2.34. The summed E-state index contributed by atoms with van der Waals surface area (Å²) < 4.78 is 0. The maximum Gasteiger partial charge on any atom is -0.0351 e. The van der Waals surface area contributed by atoms with Crippen molar-refractivity contribution >= 4 is 0 Å². The Bertz CT molecular complexity index is 137. The van der Waals surface area contributed by atoms with Crippen molar-refractivity contribution in [3.63, 3.8) is 0 Å². The lowest BCUT2D eigenvalue weighted by Gasteiger charge is -1.98. The minimum absolute atomic E-state index is 1.07. The van der Waals surface area contributed by atoms with Crippen LogP contribution in [0.2, 0.25) is 0 Å². The molecule has 0 saturated heterocycles. The second-order valence-corrected chi connectivity index (χ2v) is 4.47. The molecule has 0 radical (unpaired) electrons. The zero-order valence-electron chi connectivity index (χ0n) is 9.10. The lowest BCUT2D eigenvalue weighted by molar-refractivity contribution is 0.555. The van der Waals surface area contributed by atoms with E-state index in [2.05, 4.69) is 19.6 Å². The van der Waals surface area contributed by atoms with Gasteiger partial charge >= 0.3 is 0 Å². The van der Waals surface area contributed by atoms with Crippen molar-refractivity contribution in [2.45, 2.75) is 58.3 Å². The molecule has 0 aromatic heterocycles. The molecule has 1 saturated carbocycles. The largest absolute Gasteiger partial charge is 0.103 e. The van der Waals surface area contributed by atoms with Crippen molar-refractivity contribution in [1.29, 1.82) is 0 Å². The first-order valence-electron chi connectivity index (χ1n) is 5.99. The minimum Gasteiger partial charge on any atom is -0.103 e. The van der Waals surface area contributed by atoms with Gasteiger partial charge in [-0.15, -0.1) is 6.58 Å². The van der Waals surface area contributed by atoms with Crippen LogP contribution in [0.25, 0.3) is 0 Å². The molecule has 0 heterocycles. The third-order valence-corrected chi connectivity index (χ3v) is 3.24. The zero-order chi connectivity index (χ0) is 9.52. The molecular weight excluding hydrogens is 156 g/mol. The summed E-state index contributed by atoms with van der Waals surface area (Å²) in [5.41, 5.74) is 0. The van der Waals surface area contributed by atoms with Crippen LogP contribution in [0.3, 0.4) is 0 Å². The topological polar surface area (TPSA) is 0 Å². The molecule has 2 atom stereocenters. The summed E-state index contributed by atoms with van der Waals surface area (Å²) >= 11 is 0. The highest BCUT2D eigenvalue weighted by molar-refractivity contribution is 4.87. The summed E-state index contributed by atoms with van der Waals surface area (Å²) in [5.74, 6) is 2.16. The van der Waals surface area contributed by atoms with Crippen LogP contribution in [0.15, 0.2) is 12.7 Å². The first kappa shape index (κ1) is 10.8. The Morgan fingerprint density at radius 2 is 1.92 bits per heavy atom. The molecular formula is C13H24. The Morgan fingerprint density at radius 1 is 1.15 bits per heavy atom. The molecule has 0 amide bonds. The minimum atomic E-state index is 1.07. The van der Waals surface area contributed by atoms with Crippen LogP contribution in [0.1, 0.15) is 58.3 Å². The van der Waals surface area contributed by atoms with Crippen molar-refractivity contribution in [3.05, 3.63) is 12.7 Å². The molecule has 1 rings (SSSR count). The van der Waals surface area contributed by atoms with Gasteiger partial charge in [0.25, 0.3) is 0 Å². The van der Waals surface area contributed by atoms with Gasteiger partial charge in [-0.05, 0) is 31.1 Å². The van der Waals surface area contributed by atoms with Gasteiger partial charge in [-0.2, -0.15) is 0 Å². The molecule has 0 N–H and O–H groups in total. The Morgan fingerprint density at radius 3 is 2.62 bits per heavy atom. The van der Waals surface area contributed by atoms with Crippen LogP contribution in [0.4, 0.5) is 0 Å². The summed E-state index contributed by atoms with van der Waals surface area (Å²) in [5, 5.41) is 0. The molecule has 0 bridgehead atoms. The molecule has 1 aliphatic rings. The molecule has 0 aliphatic heterocycles. The van der Waals surface area contributed by atoms with Crippen molar-refractivity contribution in [1.82, 2.24) is 0 Å². The normalized spacial score (nSPS) is 25.9. The summed E-state index contributed by atoms with van der Waals surface area (Å²) in [4.78, 5) is 0. The van der Waals surface area contributed by atoms with E-state index in [-0.39, 0.29) is 0 Å². The zero-order valence-corrected chi connectivity index (χ0v) is 9.10. The Labute approximate surface area is 83.4 Å². The van der Waals surface area contributed by atoms with Gasteiger partial charge in [-0.3, -0.25) is 0 Å². The standard InChI is InChI=1S/C13H24/c1-3-5-7-8-10-13-11-12(13)9-6-4-2/h4,12-13H,2-3,5-11H2,1H3. The monoisotopic (exact) mass is 180 g/mol. The Balaban J connectivity index is 1.86. The van der Waals surface area contributed by atoms with Crippen LogP contribution in [-0.4, -0.2) is 0 Å². The van der Waals surface area contributed by atoms with Gasteiger partial charge in [0.1, 0.15) is 0 Å². The van der Waals surface area contributed by atoms with Crippen LogP contribution >= 0.6 is 0 Å². The molecule has 0 spiro atoms. The molecule has 0 aromatic rings. The number of hydrogen-bond acceptors (Lipinski definition) is 0.